The standard InChI is InChI=1S/C13H20BrNOS/c1-13(16,10-15)8-2-3-9-17-12-6-4-11(14)5-7-12/h4-7,16H,2-3,8-10,15H2,1H3. The Labute approximate surface area is 116 Å². The van der Waals surface area contributed by atoms with E-state index in [1.54, 1.807) is 6.92 Å². The second-order valence-corrected chi connectivity index (χ2v) is 6.54. The monoisotopic (exact) mass is 317 g/mol. The molecule has 96 valence electrons. The van der Waals surface area contributed by atoms with Crippen LogP contribution >= 0.6 is 27.7 Å². The Morgan fingerprint density at radius 3 is 2.53 bits per heavy atom. The van der Waals surface area contributed by atoms with Gasteiger partial charge in [-0.2, -0.15) is 0 Å². The first kappa shape index (κ1) is 15.0. The fraction of sp³-hybridized carbons (Fsp3) is 0.538. The Morgan fingerprint density at radius 1 is 1.29 bits per heavy atom. The van der Waals surface area contributed by atoms with Crippen LogP contribution in [0.4, 0.5) is 0 Å². The van der Waals surface area contributed by atoms with E-state index in [1.807, 2.05) is 11.8 Å². The summed E-state index contributed by atoms with van der Waals surface area (Å²) >= 11 is 5.27. The number of hydrogen-bond donors (Lipinski definition) is 2. The van der Waals surface area contributed by atoms with Crippen molar-refractivity contribution < 1.29 is 5.11 Å². The second kappa shape index (κ2) is 7.41. The molecule has 3 N–H and O–H groups in total. The molecular formula is C13H20BrNOS. The molecule has 0 saturated carbocycles. The third-order valence-electron chi connectivity index (χ3n) is 2.63. The van der Waals surface area contributed by atoms with Crippen LogP contribution in [0.15, 0.2) is 33.6 Å². The van der Waals surface area contributed by atoms with Crippen LogP contribution in [0.2, 0.25) is 0 Å². The molecule has 0 bridgehead atoms. The van der Waals surface area contributed by atoms with Gasteiger partial charge in [0.2, 0.25) is 0 Å². The van der Waals surface area contributed by atoms with E-state index < -0.39 is 5.60 Å². The van der Waals surface area contributed by atoms with Crippen molar-refractivity contribution in [3.63, 3.8) is 0 Å². The van der Waals surface area contributed by atoms with Crippen LogP contribution in [-0.4, -0.2) is 23.0 Å². The highest BCUT2D eigenvalue weighted by Gasteiger charge is 2.16. The summed E-state index contributed by atoms with van der Waals surface area (Å²) in [5, 5.41) is 9.73. The summed E-state index contributed by atoms with van der Waals surface area (Å²) in [4.78, 5) is 1.29. The fourth-order valence-electron chi connectivity index (χ4n) is 1.43. The highest BCUT2D eigenvalue weighted by Crippen LogP contribution is 2.22. The van der Waals surface area contributed by atoms with Gasteiger partial charge in [-0.3, -0.25) is 0 Å². The Morgan fingerprint density at radius 2 is 1.94 bits per heavy atom. The van der Waals surface area contributed by atoms with Crippen molar-refractivity contribution in [1.82, 2.24) is 0 Å². The van der Waals surface area contributed by atoms with E-state index in [0.29, 0.717) is 6.54 Å². The highest BCUT2D eigenvalue weighted by atomic mass is 79.9. The van der Waals surface area contributed by atoms with Crippen LogP contribution in [0.5, 0.6) is 0 Å². The molecule has 0 saturated heterocycles. The first-order valence-electron chi connectivity index (χ1n) is 5.84. The number of nitrogens with two attached hydrogens (primary N) is 1. The molecule has 0 aromatic heterocycles. The summed E-state index contributed by atoms with van der Waals surface area (Å²) in [6.07, 6.45) is 2.91. The first-order valence-corrected chi connectivity index (χ1v) is 7.62. The first-order chi connectivity index (χ1) is 8.03. The number of halogens is 1. The SMILES string of the molecule is CC(O)(CN)CCCCSc1ccc(Br)cc1. The van der Waals surface area contributed by atoms with Crippen molar-refractivity contribution >= 4 is 27.7 Å². The number of rotatable bonds is 7. The zero-order valence-electron chi connectivity index (χ0n) is 10.2. The lowest BCUT2D eigenvalue weighted by molar-refractivity contribution is 0.0577. The van der Waals surface area contributed by atoms with Gasteiger partial charge in [0, 0.05) is 15.9 Å². The molecule has 0 amide bonds. The van der Waals surface area contributed by atoms with Gasteiger partial charge >= 0.3 is 0 Å². The average molecular weight is 318 g/mol. The highest BCUT2D eigenvalue weighted by molar-refractivity contribution is 9.10. The number of unbranched alkanes of at least 4 members (excludes halogenated alkanes) is 1. The Hall–Kier alpha value is -0.0300. The average Bonchev–Trinajstić information content (AvgIpc) is 2.31. The molecule has 0 heterocycles. The van der Waals surface area contributed by atoms with Gasteiger partial charge in [-0.05, 0) is 56.2 Å². The molecule has 1 unspecified atom stereocenters. The lowest BCUT2D eigenvalue weighted by Crippen LogP contribution is -2.33. The number of aliphatic hydroxyl groups is 1. The van der Waals surface area contributed by atoms with E-state index >= 15 is 0 Å². The molecule has 0 fully saturated rings. The molecule has 0 radical (unpaired) electrons. The van der Waals surface area contributed by atoms with Crippen LogP contribution in [0.25, 0.3) is 0 Å². The van der Waals surface area contributed by atoms with Crippen molar-refractivity contribution in [2.45, 2.75) is 36.7 Å². The molecule has 17 heavy (non-hydrogen) atoms. The number of hydrogen-bond acceptors (Lipinski definition) is 3. The molecule has 0 aliphatic rings. The van der Waals surface area contributed by atoms with E-state index in [9.17, 15) is 5.11 Å². The molecule has 4 heteroatoms. The van der Waals surface area contributed by atoms with E-state index in [2.05, 4.69) is 40.2 Å². The summed E-state index contributed by atoms with van der Waals surface area (Å²) in [5.41, 5.74) is 4.77. The quantitative estimate of drug-likeness (QED) is 0.598. The van der Waals surface area contributed by atoms with Gasteiger partial charge in [0.05, 0.1) is 5.60 Å². The van der Waals surface area contributed by atoms with Gasteiger partial charge in [-0.15, -0.1) is 11.8 Å². The maximum Gasteiger partial charge on any atom is 0.0741 e. The minimum absolute atomic E-state index is 0.340. The zero-order chi connectivity index (χ0) is 12.7. The van der Waals surface area contributed by atoms with Gasteiger partial charge in [-0.1, -0.05) is 15.9 Å². The summed E-state index contributed by atoms with van der Waals surface area (Å²) in [6, 6.07) is 8.35. The number of thioether (sulfide) groups is 1. The van der Waals surface area contributed by atoms with Gasteiger partial charge < -0.3 is 10.8 Å². The Balaban J connectivity index is 2.14. The van der Waals surface area contributed by atoms with Gasteiger partial charge in [0.25, 0.3) is 0 Å². The third-order valence-corrected chi connectivity index (χ3v) is 4.26. The van der Waals surface area contributed by atoms with E-state index in [4.69, 9.17) is 5.73 Å². The molecule has 2 nitrogen and oxygen atoms in total. The Bertz CT molecular complexity index is 327. The minimum atomic E-state index is -0.692. The molecule has 1 rings (SSSR count). The molecule has 1 aromatic rings. The minimum Gasteiger partial charge on any atom is -0.389 e. The molecule has 0 spiro atoms. The maximum absolute atomic E-state index is 9.73. The predicted octanol–water partition coefficient (Wildman–Crippen LogP) is 3.42. The van der Waals surface area contributed by atoms with Crippen LogP contribution in [0.3, 0.4) is 0 Å². The lowest BCUT2D eigenvalue weighted by Gasteiger charge is -2.20. The van der Waals surface area contributed by atoms with E-state index in [1.165, 1.54) is 4.90 Å². The van der Waals surface area contributed by atoms with Crippen LogP contribution < -0.4 is 5.73 Å². The molecular weight excluding hydrogens is 298 g/mol. The molecule has 0 aliphatic heterocycles. The second-order valence-electron chi connectivity index (χ2n) is 4.46. The normalized spacial score (nSPS) is 14.6. The fourth-order valence-corrected chi connectivity index (χ4v) is 2.61. The van der Waals surface area contributed by atoms with Crippen LogP contribution in [-0.2, 0) is 0 Å². The van der Waals surface area contributed by atoms with Crippen LogP contribution in [0.1, 0.15) is 26.2 Å². The van der Waals surface area contributed by atoms with Crippen molar-refractivity contribution in [2.75, 3.05) is 12.3 Å². The summed E-state index contributed by atoms with van der Waals surface area (Å²) in [7, 11) is 0. The molecule has 0 aliphatic carbocycles. The number of benzene rings is 1. The van der Waals surface area contributed by atoms with Crippen LogP contribution in [0, 0.1) is 0 Å². The summed E-state index contributed by atoms with van der Waals surface area (Å²) in [5.74, 6) is 1.09. The van der Waals surface area contributed by atoms with Gasteiger partial charge in [0.15, 0.2) is 0 Å². The summed E-state index contributed by atoms with van der Waals surface area (Å²) in [6.45, 7) is 2.14. The van der Waals surface area contributed by atoms with Crippen molar-refractivity contribution in [2.24, 2.45) is 5.73 Å². The Kier molecular flexibility index (Phi) is 6.55. The van der Waals surface area contributed by atoms with Crippen molar-refractivity contribution in [3.8, 4) is 0 Å². The smallest absolute Gasteiger partial charge is 0.0741 e. The zero-order valence-corrected chi connectivity index (χ0v) is 12.6. The largest absolute Gasteiger partial charge is 0.389 e. The van der Waals surface area contributed by atoms with Crippen molar-refractivity contribution in [1.29, 1.82) is 0 Å². The molecule has 1 atom stereocenters. The maximum atomic E-state index is 9.73. The summed E-state index contributed by atoms with van der Waals surface area (Å²) < 4.78 is 1.11. The van der Waals surface area contributed by atoms with Gasteiger partial charge in [-0.25, -0.2) is 0 Å². The topological polar surface area (TPSA) is 46.2 Å². The van der Waals surface area contributed by atoms with Gasteiger partial charge in [0.1, 0.15) is 0 Å². The predicted molar refractivity (Wildman–Crippen MR) is 78.4 cm³/mol. The third kappa shape index (κ3) is 6.46. The van der Waals surface area contributed by atoms with Crippen molar-refractivity contribution in [3.05, 3.63) is 28.7 Å². The van der Waals surface area contributed by atoms with E-state index in [-0.39, 0.29) is 0 Å². The van der Waals surface area contributed by atoms with E-state index in [0.717, 1.165) is 29.5 Å². The lowest BCUT2D eigenvalue weighted by atomic mass is 10.00. The molecule has 1 aromatic carbocycles.